The van der Waals surface area contributed by atoms with Crippen molar-refractivity contribution in [2.75, 3.05) is 39.4 Å². The number of nitrogens with one attached hydrogen (secondary N) is 2. The zero-order valence-electron chi connectivity index (χ0n) is 18.3. The van der Waals surface area contributed by atoms with Gasteiger partial charge in [-0.1, -0.05) is 19.0 Å². The first-order valence-electron chi connectivity index (χ1n) is 10.4. The van der Waals surface area contributed by atoms with Gasteiger partial charge in [0.1, 0.15) is 18.1 Å². The molecule has 2 N–H and O–H groups in total. The minimum Gasteiger partial charge on any atom is -0.465 e. The van der Waals surface area contributed by atoms with Gasteiger partial charge >= 0.3 is 0 Å². The van der Waals surface area contributed by atoms with E-state index < -0.39 is 0 Å². The summed E-state index contributed by atoms with van der Waals surface area (Å²) in [4.78, 5) is 7.05. The van der Waals surface area contributed by atoms with Crippen LogP contribution in [0.4, 0.5) is 0 Å². The molecule has 2 aromatic rings. The Labute approximate surface area is 195 Å². The van der Waals surface area contributed by atoms with Crippen molar-refractivity contribution in [1.29, 1.82) is 0 Å². The van der Waals surface area contributed by atoms with E-state index in [9.17, 15) is 0 Å². The molecular weight excluding hydrogens is 497 g/mol. The molecule has 0 bridgehead atoms. The third kappa shape index (κ3) is 6.98. The van der Waals surface area contributed by atoms with Crippen LogP contribution in [0.2, 0.25) is 0 Å². The molecule has 30 heavy (non-hydrogen) atoms. The maximum Gasteiger partial charge on any atom is 0.191 e. The highest BCUT2D eigenvalue weighted by Gasteiger charge is 2.25. The number of aromatic nitrogens is 1. The molecule has 0 radical (unpaired) electrons. The zero-order valence-corrected chi connectivity index (χ0v) is 20.6. The van der Waals surface area contributed by atoms with Crippen molar-refractivity contribution in [2.45, 2.75) is 46.2 Å². The SMILES string of the molecule is CCNC(=NCc1cc(C(C)C)no1)NCC(c1ccc(C)o1)N1CCOCC1.I. The van der Waals surface area contributed by atoms with Crippen LogP contribution in [-0.4, -0.2) is 55.4 Å². The molecular formula is C21H34IN5O3. The first-order valence-corrected chi connectivity index (χ1v) is 10.4. The summed E-state index contributed by atoms with van der Waals surface area (Å²) in [6.07, 6.45) is 0. The molecule has 0 aliphatic carbocycles. The van der Waals surface area contributed by atoms with E-state index in [-0.39, 0.29) is 30.0 Å². The molecule has 1 atom stereocenters. The predicted octanol–water partition coefficient (Wildman–Crippen LogP) is 3.45. The molecule has 0 saturated carbocycles. The summed E-state index contributed by atoms with van der Waals surface area (Å²) in [6.45, 7) is 13.4. The summed E-state index contributed by atoms with van der Waals surface area (Å²) >= 11 is 0. The summed E-state index contributed by atoms with van der Waals surface area (Å²) in [5.74, 6) is 3.73. The normalized spacial score (nSPS) is 16.4. The molecule has 0 aromatic carbocycles. The Kier molecular flexibility index (Phi) is 10.1. The van der Waals surface area contributed by atoms with Gasteiger partial charge in [-0.3, -0.25) is 4.90 Å². The lowest BCUT2D eigenvalue weighted by Crippen LogP contribution is -2.46. The Bertz CT molecular complexity index is 783. The van der Waals surface area contributed by atoms with Gasteiger partial charge in [-0.25, -0.2) is 4.99 Å². The van der Waals surface area contributed by atoms with Crippen LogP contribution < -0.4 is 10.6 Å². The molecule has 0 spiro atoms. The van der Waals surface area contributed by atoms with Gasteiger partial charge in [-0.15, -0.1) is 24.0 Å². The number of ether oxygens (including phenoxy) is 1. The van der Waals surface area contributed by atoms with Gasteiger partial charge in [0.05, 0.1) is 24.9 Å². The van der Waals surface area contributed by atoms with Gasteiger partial charge in [0.2, 0.25) is 0 Å². The average Bonchev–Trinajstić information content (AvgIpc) is 3.36. The van der Waals surface area contributed by atoms with Gasteiger partial charge < -0.3 is 24.3 Å². The third-order valence-electron chi connectivity index (χ3n) is 4.94. The second-order valence-electron chi connectivity index (χ2n) is 7.56. The van der Waals surface area contributed by atoms with Gasteiger partial charge in [0, 0.05) is 32.2 Å². The van der Waals surface area contributed by atoms with Crippen LogP contribution in [-0.2, 0) is 11.3 Å². The lowest BCUT2D eigenvalue weighted by Gasteiger charge is -2.33. The fraction of sp³-hybridized carbons (Fsp3) is 0.619. The second-order valence-corrected chi connectivity index (χ2v) is 7.56. The molecule has 1 saturated heterocycles. The van der Waals surface area contributed by atoms with Crippen LogP contribution in [0.5, 0.6) is 0 Å². The summed E-state index contributed by atoms with van der Waals surface area (Å²) < 4.78 is 16.9. The molecule has 1 unspecified atom stereocenters. The molecule has 9 heteroatoms. The largest absolute Gasteiger partial charge is 0.465 e. The van der Waals surface area contributed by atoms with Crippen LogP contribution >= 0.6 is 24.0 Å². The van der Waals surface area contributed by atoms with E-state index in [1.807, 2.05) is 19.1 Å². The quantitative estimate of drug-likeness (QED) is 0.307. The van der Waals surface area contributed by atoms with E-state index in [0.717, 1.165) is 61.8 Å². The first-order chi connectivity index (χ1) is 14.1. The van der Waals surface area contributed by atoms with E-state index in [1.165, 1.54) is 0 Å². The number of hydrogen-bond donors (Lipinski definition) is 2. The Morgan fingerprint density at radius 2 is 2.00 bits per heavy atom. The molecule has 0 amide bonds. The summed E-state index contributed by atoms with van der Waals surface area (Å²) in [5.41, 5.74) is 0.953. The summed E-state index contributed by atoms with van der Waals surface area (Å²) in [7, 11) is 0. The second kappa shape index (κ2) is 12.3. The molecule has 1 fully saturated rings. The van der Waals surface area contributed by atoms with Crippen LogP contribution in [0, 0.1) is 6.92 Å². The number of aliphatic imine (C=N–C) groups is 1. The fourth-order valence-corrected chi connectivity index (χ4v) is 3.30. The number of halogens is 1. The van der Waals surface area contributed by atoms with E-state index in [4.69, 9.17) is 13.7 Å². The summed E-state index contributed by atoms with van der Waals surface area (Å²) in [5, 5.41) is 10.9. The molecule has 3 rings (SSSR count). The van der Waals surface area contributed by atoms with Gasteiger partial charge in [0.25, 0.3) is 0 Å². The number of rotatable bonds is 8. The van der Waals surface area contributed by atoms with Crippen LogP contribution in [0.25, 0.3) is 0 Å². The smallest absolute Gasteiger partial charge is 0.191 e. The molecule has 1 aliphatic rings. The van der Waals surface area contributed by atoms with Crippen molar-refractivity contribution >= 4 is 29.9 Å². The minimum absolute atomic E-state index is 0. The maximum atomic E-state index is 5.94. The van der Waals surface area contributed by atoms with Crippen LogP contribution in [0.15, 0.2) is 32.1 Å². The predicted molar refractivity (Wildman–Crippen MR) is 127 cm³/mol. The Hall–Kier alpha value is -1.59. The van der Waals surface area contributed by atoms with Crippen molar-refractivity contribution in [3.8, 4) is 0 Å². The van der Waals surface area contributed by atoms with Gasteiger partial charge in [-0.05, 0) is 31.9 Å². The third-order valence-corrected chi connectivity index (χ3v) is 4.94. The monoisotopic (exact) mass is 531 g/mol. The minimum atomic E-state index is 0. The standard InChI is InChI=1S/C21H33N5O3.HI/c1-5-22-21(23-13-17-12-18(15(2)3)25-29-17)24-14-19(20-7-6-16(4)28-20)26-8-10-27-11-9-26;/h6-7,12,15,19H,5,8-11,13-14H2,1-4H3,(H2,22,23,24);1H. The van der Waals surface area contributed by atoms with E-state index >= 15 is 0 Å². The zero-order chi connectivity index (χ0) is 20.6. The molecule has 3 heterocycles. The number of hydrogen-bond acceptors (Lipinski definition) is 6. The lowest BCUT2D eigenvalue weighted by molar-refractivity contribution is 0.0124. The van der Waals surface area contributed by atoms with Gasteiger partial charge in [-0.2, -0.15) is 0 Å². The average molecular weight is 531 g/mol. The fourth-order valence-electron chi connectivity index (χ4n) is 3.30. The maximum absolute atomic E-state index is 5.94. The molecule has 168 valence electrons. The highest BCUT2D eigenvalue weighted by Crippen LogP contribution is 2.23. The Morgan fingerprint density at radius 1 is 1.23 bits per heavy atom. The van der Waals surface area contributed by atoms with E-state index in [2.05, 4.69) is 52.5 Å². The number of aryl methyl sites for hydroxylation is 1. The summed E-state index contributed by atoms with van der Waals surface area (Å²) in [6, 6.07) is 6.16. The van der Waals surface area contributed by atoms with Crippen LogP contribution in [0.1, 0.15) is 55.7 Å². The van der Waals surface area contributed by atoms with Crippen molar-refractivity contribution < 1.29 is 13.7 Å². The topological polar surface area (TPSA) is 88.1 Å². The molecule has 8 nitrogen and oxygen atoms in total. The Balaban J connectivity index is 0.00000320. The van der Waals surface area contributed by atoms with Gasteiger partial charge in [0.15, 0.2) is 11.7 Å². The van der Waals surface area contributed by atoms with Crippen molar-refractivity contribution in [2.24, 2.45) is 4.99 Å². The van der Waals surface area contributed by atoms with Crippen molar-refractivity contribution in [1.82, 2.24) is 20.7 Å². The van der Waals surface area contributed by atoms with Crippen molar-refractivity contribution in [3.63, 3.8) is 0 Å². The number of furan rings is 1. The highest BCUT2D eigenvalue weighted by atomic mass is 127. The highest BCUT2D eigenvalue weighted by molar-refractivity contribution is 14.0. The molecule has 1 aliphatic heterocycles. The Morgan fingerprint density at radius 3 is 2.60 bits per heavy atom. The lowest BCUT2D eigenvalue weighted by atomic mass is 10.1. The number of guanidine groups is 1. The first kappa shape index (κ1) is 24.7. The number of nitrogens with zero attached hydrogens (tertiary/aromatic N) is 3. The number of morpholine rings is 1. The van der Waals surface area contributed by atoms with E-state index in [0.29, 0.717) is 19.0 Å². The van der Waals surface area contributed by atoms with E-state index in [1.54, 1.807) is 0 Å². The van der Waals surface area contributed by atoms with Crippen LogP contribution in [0.3, 0.4) is 0 Å². The van der Waals surface area contributed by atoms with Crippen molar-refractivity contribution in [3.05, 3.63) is 41.2 Å². The molecule has 2 aromatic heterocycles.